The Hall–Kier alpha value is -2.55. The molecule has 0 atom stereocenters. The Morgan fingerprint density at radius 1 is 1.05 bits per heavy atom. The summed E-state index contributed by atoms with van der Waals surface area (Å²) in [6.07, 6.45) is 1.54. The molecule has 0 saturated carbocycles. The number of furan rings is 1. The third-order valence-corrected chi connectivity index (χ3v) is 3.38. The Morgan fingerprint density at radius 2 is 1.80 bits per heavy atom. The summed E-state index contributed by atoms with van der Waals surface area (Å²) in [7, 11) is 1.64. The van der Waals surface area contributed by atoms with Crippen molar-refractivity contribution in [3.8, 4) is 5.75 Å². The number of benzene rings is 2. The fourth-order valence-electron chi connectivity index (χ4n) is 2.23. The average molecular weight is 266 g/mol. The van der Waals surface area contributed by atoms with E-state index in [9.17, 15) is 4.79 Å². The molecule has 3 heteroatoms. The molecule has 0 N–H and O–H groups in total. The van der Waals surface area contributed by atoms with Gasteiger partial charge in [-0.15, -0.1) is 0 Å². The molecule has 0 saturated heterocycles. The van der Waals surface area contributed by atoms with Crippen molar-refractivity contribution in [1.82, 2.24) is 0 Å². The third kappa shape index (κ3) is 2.07. The number of ether oxygens (including phenoxy) is 1. The van der Waals surface area contributed by atoms with E-state index in [-0.39, 0.29) is 5.78 Å². The average Bonchev–Trinajstić information content (AvgIpc) is 2.91. The number of methoxy groups -OCH3 is 1. The molecule has 0 aliphatic rings. The molecule has 0 spiro atoms. The molecular weight excluding hydrogens is 252 g/mol. The molecular formula is C17H14O3. The number of hydrogen-bond acceptors (Lipinski definition) is 3. The van der Waals surface area contributed by atoms with Crippen LogP contribution in [0.3, 0.4) is 0 Å². The van der Waals surface area contributed by atoms with E-state index in [2.05, 4.69) is 0 Å². The van der Waals surface area contributed by atoms with Gasteiger partial charge in [0.1, 0.15) is 5.75 Å². The molecule has 2 aromatic carbocycles. The fourth-order valence-corrected chi connectivity index (χ4v) is 2.23. The van der Waals surface area contributed by atoms with Crippen LogP contribution in [0.25, 0.3) is 10.8 Å². The van der Waals surface area contributed by atoms with Crippen LogP contribution in [0.2, 0.25) is 0 Å². The van der Waals surface area contributed by atoms with Gasteiger partial charge in [0.2, 0.25) is 5.78 Å². The van der Waals surface area contributed by atoms with Crippen LogP contribution < -0.4 is 4.74 Å². The highest BCUT2D eigenvalue weighted by Gasteiger charge is 2.15. The minimum atomic E-state index is -0.0924. The number of hydrogen-bond donors (Lipinski definition) is 0. The van der Waals surface area contributed by atoms with Gasteiger partial charge in [-0.25, -0.2) is 0 Å². The van der Waals surface area contributed by atoms with E-state index >= 15 is 0 Å². The largest absolute Gasteiger partial charge is 0.497 e. The van der Waals surface area contributed by atoms with Crippen LogP contribution in [0.4, 0.5) is 0 Å². The Labute approximate surface area is 116 Å². The number of carbonyl (C=O) groups excluding carboxylic acids is 1. The van der Waals surface area contributed by atoms with Gasteiger partial charge in [-0.2, -0.15) is 0 Å². The van der Waals surface area contributed by atoms with E-state index < -0.39 is 0 Å². The van der Waals surface area contributed by atoms with Crippen molar-refractivity contribution in [1.29, 1.82) is 0 Å². The first-order valence-electron chi connectivity index (χ1n) is 6.35. The lowest BCUT2D eigenvalue weighted by molar-refractivity contribution is 0.101. The fraction of sp³-hybridized carbons (Fsp3) is 0.118. The lowest BCUT2D eigenvalue weighted by Gasteiger charge is -2.05. The maximum absolute atomic E-state index is 12.4. The van der Waals surface area contributed by atoms with Crippen molar-refractivity contribution in [2.45, 2.75) is 6.92 Å². The first-order chi connectivity index (χ1) is 9.69. The first kappa shape index (κ1) is 12.5. The normalized spacial score (nSPS) is 10.7. The van der Waals surface area contributed by atoms with Gasteiger partial charge in [-0.1, -0.05) is 18.2 Å². The summed E-state index contributed by atoms with van der Waals surface area (Å²) in [5, 5.41) is 2.04. The number of ketones is 1. The van der Waals surface area contributed by atoms with Crippen LogP contribution in [0.5, 0.6) is 5.75 Å². The van der Waals surface area contributed by atoms with Gasteiger partial charge >= 0.3 is 0 Å². The molecule has 3 nitrogen and oxygen atoms in total. The molecule has 0 radical (unpaired) electrons. The van der Waals surface area contributed by atoms with Crippen LogP contribution in [0.1, 0.15) is 21.7 Å². The minimum Gasteiger partial charge on any atom is -0.497 e. The second kappa shape index (κ2) is 4.85. The predicted octanol–water partition coefficient (Wildman–Crippen LogP) is 3.98. The standard InChI is InChI=1S/C17H14O3/c1-11-7-8-20-17(11)16(18)14-4-3-13-10-15(19-2)6-5-12(13)9-14/h3-10H,1-2H3. The van der Waals surface area contributed by atoms with Gasteiger partial charge in [0.05, 0.1) is 13.4 Å². The Bertz CT molecular complexity index is 784. The van der Waals surface area contributed by atoms with Crippen molar-refractivity contribution in [3.05, 3.63) is 65.6 Å². The summed E-state index contributed by atoms with van der Waals surface area (Å²) in [6.45, 7) is 1.86. The van der Waals surface area contributed by atoms with Crippen LogP contribution in [-0.4, -0.2) is 12.9 Å². The molecule has 100 valence electrons. The summed E-state index contributed by atoms with van der Waals surface area (Å²) in [4.78, 5) is 12.4. The molecule has 1 heterocycles. The van der Waals surface area contributed by atoms with E-state index in [1.54, 1.807) is 13.2 Å². The molecule has 0 bridgehead atoms. The van der Waals surface area contributed by atoms with Gasteiger partial charge in [-0.05, 0) is 47.5 Å². The van der Waals surface area contributed by atoms with E-state index in [0.717, 1.165) is 22.1 Å². The van der Waals surface area contributed by atoms with Crippen LogP contribution in [0.15, 0.2) is 53.1 Å². The molecule has 0 unspecified atom stereocenters. The van der Waals surface area contributed by atoms with Crippen LogP contribution in [0, 0.1) is 6.92 Å². The molecule has 0 aliphatic carbocycles. The lowest BCUT2D eigenvalue weighted by Crippen LogP contribution is -2.01. The summed E-state index contributed by atoms with van der Waals surface area (Å²) < 4.78 is 10.5. The zero-order valence-corrected chi connectivity index (χ0v) is 11.3. The number of carbonyl (C=O) groups is 1. The highest BCUT2D eigenvalue weighted by atomic mass is 16.5. The van der Waals surface area contributed by atoms with Gasteiger partial charge in [-0.3, -0.25) is 4.79 Å². The second-order valence-electron chi connectivity index (χ2n) is 4.69. The highest BCUT2D eigenvalue weighted by molar-refractivity contribution is 6.09. The Balaban J connectivity index is 2.05. The van der Waals surface area contributed by atoms with E-state index in [0.29, 0.717) is 11.3 Å². The van der Waals surface area contributed by atoms with Gasteiger partial charge < -0.3 is 9.15 Å². The van der Waals surface area contributed by atoms with E-state index in [1.807, 2.05) is 43.3 Å². The number of fused-ring (bicyclic) bond motifs is 1. The van der Waals surface area contributed by atoms with Crippen molar-refractivity contribution in [3.63, 3.8) is 0 Å². The lowest BCUT2D eigenvalue weighted by atomic mass is 10.0. The van der Waals surface area contributed by atoms with Gasteiger partial charge in [0, 0.05) is 5.56 Å². The Kier molecular flexibility index (Phi) is 3.03. The first-order valence-corrected chi connectivity index (χ1v) is 6.35. The summed E-state index contributed by atoms with van der Waals surface area (Å²) in [6, 6.07) is 13.2. The summed E-state index contributed by atoms with van der Waals surface area (Å²) in [5.74, 6) is 1.11. The monoisotopic (exact) mass is 266 g/mol. The molecule has 3 aromatic rings. The molecule has 3 rings (SSSR count). The van der Waals surface area contributed by atoms with Crippen molar-refractivity contribution in [2.24, 2.45) is 0 Å². The molecule has 1 aromatic heterocycles. The molecule has 0 amide bonds. The van der Waals surface area contributed by atoms with E-state index in [4.69, 9.17) is 9.15 Å². The van der Waals surface area contributed by atoms with Gasteiger partial charge in [0.15, 0.2) is 5.76 Å². The smallest absolute Gasteiger partial charge is 0.228 e. The molecule has 0 aliphatic heterocycles. The Morgan fingerprint density at radius 3 is 2.50 bits per heavy atom. The topological polar surface area (TPSA) is 39.4 Å². The number of rotatable bonds is 3. The summed E-state index contributed by atoms with van der Waals surface area (Å²) in [5.41, 5.74) is 1.48. The van der Waals surface area contributed by atoms with Crippen molar-refractivity contribution in [2.75, 3.05) is 7.11 Å². The molecule has 0 fully saturated rings. The molecule has 20 heavy (non-hydrogen) atoms. The maximum Gasteiger partial charge on any atom is 0.228 e. The zero-order chi connectivity index (χ0) is 14.1. The third-order valence-electron chi connectivity index (χ3n) is 3.38. The summed E-state index contributed by atoms with van der Waals surface area (Å²) >= 11 is 0. The van der Waals surface area contributed by atoms with Crippen LogP contribution in [-0.2, 0) is 0 Å². The highest BCUT2D eigenvalue weighted by Crippen LogP contribution is 2.23. The van der Waals surface area contributed by atoms with Crippen molar-refractivity contribution >= 4 is 16.6 Å². The minimum absolute atomic E-state index is 0.0924. The van der Waals surface area contributed by atoms with Gasteiger partial charge in [0.25, 0.3) is 0 Å². The van der Waals surface area contributed by atoms with Crippen LogP contribution >= 0.6 is 0 Å². The SMILES string of the molecule is COc1ccc2cc(C(=O)c3occc3C)ccc2c1. The second-order valence-corrected chi connectivity index (χ2v) is 4.69. The van der Waals surface area contributed by atoms with E-state index in [1.165, 1.54) is 6.26 Å². The van der Waals surface area contributed by atoms with Crippen molar-refractivity contribution < 1.29 is 13.9 Å². The maximum atomic E-state index is 12.4. The predicted molar refractivity (Wildman–Crippen MR) is 77.4 cm³/mol. The zero-order valence-electron chi connectivity index (χ0n) is 11.3. The number of aryl methyl sites for hydroxylation is 1. The quantitative estimate of drug-likeness (QED) is 0.673.